The van der Waals surface area contributed by atoms with Gasteiger partial charge in [0.05, 0.1) is 5.41 Å². The molecule has 0 atom stereocenters. The molecule has 67 heavy (non-hydrogen) atoms. The van der Waals surface area contributed by atoms with Crippen molar-refractivity contribution in [2.45, 2.75) is 5.41 Å². The Kier molecular flexibility index (Phi) is 9.00. The van der Waals surface area contributed by atoms with Crippen LogP contribution in [0, 0.1) is 0 Å². The minimum atomic E-state index is -0.547. The summed E-state index contributed by atoms with van der Waals surface area (Å²) >= 11 is 0. The third-order valence-corrected chi connectivity index (χ3v) is 13.3. The zero-order valence-electron chi connectivity index (χ0n) is 36.2. The summed E-state index contributed by atoms with van der Waals surface area (Å²) in [5, 5.41) is 2.20. The van der Waals surface area contributed by atoms with E-state index >= 15 is 0 Å². The van der Waals surface area contributed by atoms with E-state index in [-0.39, 0.29) is 0 Å². The van der Waals surface area contributed by atoms with Crippen molar-refractivity contribution in [2.75, 3.05) is 0 Å². The quantitative estimate of drug-likeness (QED) is 0.160. The van der Waals surface area contributed by atoms with Gasteiger partial charge in [-0.1, -0.05) is 212 Å². The lowest BCUT2D eigenvalue weighted by molar-refractivity contribution is 0.360. The van der Waals surface area contributed by atoms with Crippen LogP contribution >= 0.6 is 0 Å². The number of nitrogens with zero attached hydrogens (tertiary/aromatic N) is 3. The lowest BCUT2D eigenvalue weighted by Crippen LogP contribution is -2.28. The van der Waals surface area contributed by atoms with Gasteiger partial charge >= 0.3 is 0 Å². The molecule has 13 rings (SSSR count). The molecule has 0 saturated carbocycles. The number of rotatable bonds is 7. The van der Waals surface area contributed by atoms with Crippen LogP contribution in [0.1, 0.15) is 22.3 Å². The molecular weight excluding hydrogens is 819 g/mol. The minimum Gasteiger partial charge on any atom is -0.449 e. The van der Waals surface area contributed by atoms with Crippen LogP contribution in [0.3, 0.4) is 0 Å². The Hall–Kier alpha value is -8.93. The van der Waals surface area contributed by atoms with Crippen molar-refractivity contribution < 1.29 is 9.47 Å². The molecule has 314 valence electrons. The number of aromatic nitrogens is 3. The molecule has 0 spiro atoms. The molecule has 0 N–H and O–H groups in total. The molecule has 1 aliphatic heterocycles. The lowest BCUT2D eigenvalue weighted by atomic mass is 9.68. The molecule has 0 saturated heterocycles. The SMILES string of the molecule is c1ccc(-c2nc(-c3ccccc3-c3ccc4c(c3)Oc3ccc5c(c3O4)-c3ccccc3C5(c3ccccc3)c3ccccc3)nc(-c3ccc(-c4ccccc4)c4ccccc34)n2)cc1. The second-order valence-corrected chi connectivity index (χ2v) is 17.0. The van der Waals surface area contributed by atoms with Crippen molar-refractivity contribution in [3.05, 3.63) is 259 Å². The summed E-state index contributed by atoms with van der Waals surface area (Å²) in [5.41, 5.74) is 13.3. The zero-order valence-corrected chi connectivity index (χ0v) is 36.2. The Bertz CT molecular complexity index is 3650. The molecular formula is C62H39N3O2. The summed E-state index contributed by atoms with van der Waals surface area (Å²) < 4.78 is 13.9. The van der Waals surface area contributed by atoms with Gasteiger partial charge in [0.15, 0.2) is 40.5 Å². The number of fused-ring (bicyclic) bond motifs is 7. The van der Waals surface area contributed by atoms with Crippen LogP contribution in [0.15, 0.2) is 237 Å². The standard InChI is InChI=1S/C62H39N3O2/c1-5-19-40(20-6-1)46-34-35-50(48-29-15-14-28-47(46)48)61-64-59(41-21-7-2-8-22-41)63-60(65-61)49-30-16-13-27-45(49)42-33-37-54-56(39-42)66-55-38-36-53-57(58(55)67-54)51-31-17-18-32-52(51)62(53,43-23-9-3-10-24-43)44-25-11-4-12-26-44/h1-39H. The Morgan fingerprint density at radius 3 is 1.52 bits per heavy atom. The molecule has 0 bridgehead atoms. The third kappa shape index (κ3) is 6.20. The fourth-order valence-corrected chi connectivity index (χ4v) is 10.4. The lowest BCUT2D eigenvalue weighted by Gasteiger charge is -2.34. The predicted molar refractivity (Wildman–Crippen MR) is 268 cm³/mol. The zero-order chi connectivity index (χ0) is 44.3. The molecule has 0 fully saturated rings. The van der Waals surface area contributed by atoms with Gasteiger partial charge < -0.3 is 9.47 Å². The van der Waals surface area contributed by atoms with E-state index in [0.29, 0.717) is 34.7 Å². The van der Waals surface area contributed by atoms with Gasteiger partial charge in [0.1, 0.15) is 0 Å². The third-order valence-electron chi connectivity index (χ3n) is 13.3. The second kappa shape index (κ2) is 15.7. The van der Waals surface area contributed by atoms with E-state index in [9.17, 15) is 0 Å². The summed E-state index contributed by atoms with van der Waals surface area (Å²) in [6.07, 6.45) is 0. The van der Waals surface area contributed by atoms with Gasteiger partial charge in [0.25, 0.3) is 0 Å². The Morgan fingerprint density at radius 1 is 0.299 bits per heavy atom. The molecule has 5 heteroatoms. The topological polar surface area (TPSA) is 57.1 Å². The first-order valence-corrected chi connectivity index (χ1v) is 22.6. The number of ether oxygens (including phenoxy) is 2. The average Bonchev–Trinajstić information content (AvgIpc) is 3.72. The van der Waals surface area contributed by atoms with Gasteiger partial charge in [0, 0.05) is 22.3 Å². The summed E-state index contributed by atoms with van der Waals surface area (Å²) in [7, 11) is 0. The summed E-state index contributed by atoms with van der Waals surface area (Å²) in [6, 6.07) is 82.4. The van der Waals surface area contributed by atoms with Crippen LogP contribution in [0.5, 0.6) is 23.0 Å². The molecule has 1 aromatic heterocycles. The maximum Gasteiger partial charge on any atom is 0.178 e. The van der Waals surface area contributed by atoms with Crippen molar-refractivity contribution in [3.8, 4) is 90.5 Å². The Balaban J connectivity index is 0.921. The smallest absolute Gasteiger partial charge is 0.178 e. The van der Waals surface area contributed by atoms with Crippen molar-refractivity contribution >= 4 is 10.8 Å². The first-order chi connectivity index (χ1) is 33.2. The highest BCUT2D eigenvalue weighted by Crippen LogP contribution is 2.62. The van der Waals surface area contributed by atoms with Crippen LogP contribution in [-0.4, -0.2) is 15.0 Å². The van der Waals surface area contributed by atoms with Gasteiger partial charge in [-0.3, -0.25) is 0 Å². The van der Waals surface area contributed by atoms with Gasteiger partial charge in [-0.2, -0.15) is 0 Å². The van der Waals surface area contributed by atoms with Crippen molar-refractivity contribution in [1.29, 1.82) is 0 Å². The molecule has 0 unspecified atom stereocenters. The van der Waals surface area contributed by atoms with Gasteiger partial charge in [-0.25, -0.2) is 15.0 Å². The highest BCUT2D eigenvalue weighted by atomic mass is 16.6. The largest absolute Gasteiger partial charge is 0.449 e. The van der Waals surface area contributed by atoms with E-state index in [2.05, 4.69) is 182 Å². The fourth-order valence-electron chi connectivity index (χ4n) is 10.4. The Morgan fingerprint density at radius 2 is 0.821 bits per heavy atom. The van der Waals surface area contributed by atoms with Crippen molar-refractivity contribution in [1.82, 2.24) is 15.0 Å². The number of hydrogen-bond acceptors (Lipinski definition) is 5. The van der Waals surface area contributed by atoms with E-state index < -0.39 is 5.41 Å². The van der Waals surface area contributed by atoms with Crippen molar-refractivity contribution in [2.24, 2.45) is 0 Å². The number of benzene rings is 10. The first-order valence-electron chi connectivity index (χ1n) is 22.6. The van der Waals surface area contributed by atoms with Gasteiger partial charge in [-0.05, 0) is 85.1 Å². The van der Waals surface area contributed by atoms with E-state index in [1.54, 1.807) is 0 Å². The van der Waals surface area contributed by atoms with Crippen LogP contribution in [0.25, 0.3) is 78.3 Å². The Labute approximate surface area is 388 Å². The van der Waals surface area contributed by atoms with Gasteiger partial charge in [-0.15, -0.1) is 0 Å². The normalized spacial score (nSPS) is 12.8. The average molecular weight is 858 g/mol. The molecule has 0 amide bonds. The highest BCUT2D eigenvalue weighted by molar-refractivity contribution is 6.04. The fraction of sp³-hybridized carbons (Fsp3) is 0.0161. The van der Waals surface area contributed by atoms with Crippen LogP contribution in [-0.2, 0) is 5.41 Å². The summed E-state index contributed by atoms with van der Waals surface area (Å²) in [5.74, 6) is 4.45. The van der Waals surface area contributed by atoms with E-state index in [0.717, 1.165) is 72.2 Å². The molecule has 2 aliphatic rings. The minimum absolute atomic E-state index is 0.547. The van der Waals surface area contributed by atoms with Gasteiger partial charge in [0.2, 0.25) is 0 Å². The van der Waals surface area contributed by atoms with Crippen LogP contribution in [0.2, 0.25) is 0 Å². The highest BCUT2D eigenvalue weighted by Gasteiger charge is 2.48. The monoisotopic (exact) mass is 857 g/mol. The molecule has 10 aromatic carbocycles. The summed E-state index contributed by atoms with van der Waals surface area (Å²) in [6.45, 7) is 0. The van der Waals surface area contributed by atoms with E-state index in [1.165, 1.54) is 16.7 Å². The van der Waals surface area contributed by atoms with Crippen LogP contribution < -0.4 is 9.47 Å². The van der Waals surface area contributed by atoms with E-state index in [4.69, 9.17) is 24.4 Å². The molecule has 5 nitrogen and oxygen atoms in total. The summed E-state index contributed by atoms with van der Waals surface area (Å²) in [4.78, 5) is 15.6. The number of hydrogen-bond donors (Lipinski definition) is 0. The first kappa shape index (κ1) is 38.5. The maximum atomic E-state index is 6.99. The maximum absolute atomic E-state index is 6.99. The molecule has 0 radical (unpaired) electrons. The van der Waals surface area contributed by atoms with Crippen LogP contribution in [0.4, 0.5) is 0 Å². The van der Waals surface area contributed by atoms with Crippen molar-refractivity contribution in [3.63, 3.8) is 0 Å². The van der Waals surface area contributed by atoms with E-state index in [1.807, 2.05) is 54.6 Å². The second-order valence-electron chi connectivity index (χ2n) is 17.0. The molecule has 11 aromatic rings. The molecule has 2 heterocycles. The predicted octanol–water partition coefficient (Wildman–Crippen LogP) is 15.6. The molecule has 1 aliphatic carbocycles.